The van der Waals surface area contributed by atoms with E-state index in [9.17, 15) is 0 Å². The van der Waals surface area contributed by atoms with Crippen molar-refractivity contribution >= 4 is 5.69 Å². The Bertz CT molecular complexity index is 748. The Morgan fingerprint density at radius 2 is 1.81 bits per heavy atom. The van der Waals surface area contributed by atoms with Crippen LogP contribution in [0.2, 0.25) is 0 Å². The van der Waals surface area contributed by atoms with E-state index in [1.54, 1.807) is 6.33 Å². The first-order valence-corrected chi connectivity index (χ1v) is 7.21. The first kappa shape index (κ1) is 12.1. The summed E-state index contributed by atoms with van der Waals surface area (Å²) < 4.78 is 2.09. The molecule has 1 aliphatic rings. The van der Waals surface area contributed by atoms with E-state index in [2.05, 4.69) is 56.5 Å². The molecular weight excluding hydrogens is 260 g/mol. The third-order valence-electron chi connectivity index (χ3n) is 4.00. The lowest BCUT2D eigenvalue weighted by Gasteiger charge is -2.26. The van der Waals surface area contributed by atoms with E-state index in [-0.39, 0.29) is 5.92 Å². The van der Waals surface area contributed by atoms with Gasteiger partial charge in [0.1, 0.15) is 12.2 Å². The number of fused-ring (bicyclic) bond motifs is 1. The van der Waals surface area contributed by atoms with Crippen LogP contribution in [-0.2, 0) is 0 Å². The van der Waals surface area contributed by atoms with Gasteiger partial charge in [-0.15, -0.1) is 10.2 Å². The zero-order valence-electron chi connectivity index (χ0n) is 11.6. The fourth-order valence-corrected chi connectivity index (χ4v) is 3.01. The predicted octanol–water partition coefficient (Wildman–Crippen LogP) is 3.21. The third kappa shape index (κ3) is 2.09. The third-order valence-corrected chi connectivity index (χ3v) is 4.00. The molecule has 0 saturated heterocycles. The number of nitrogens with one attached hydrogen (secondary N) is 1. The summed E-state index contributed by atoms with van der Waals surface area (Å²) >= 11 is 0. The maximum absolute atomic E-state index is 4.40. The second kappa shape index (κ2) is 5.05. The molecule has 0 saturated carbocycles. The van der Waals surface area contributed by atoms with Crippen LogP contribution in [-0.4, -0.2) is 21.3 Å². The number of para-hydroxylation sites is 2. The second-order valence-corrected chi connectivity index (χ2v) is 5.25. The van der Waals surface area contributed by atoms with Gasteiger partial charge in [0.15, 0.2) is 0 Å². The number of aromatic nitrogens is 3. The van der Waals surface area contributed by atoms with Gasteiger partial charge in [-0.3, -0.25) is 4.57 Å². The largest absolute Gasteiger partial charge is 0.385 e. The van der Waals surface area contributed by atoms with E-state index >= 15 is 0 Å². The summed E-state index contributed by atoms with van der Waals surface area (Å²) in [5.74, 6) is 1.29. The predicted molar refractivity (Wildman–Crippen MR) is 82.8 cm³/mol. The van der Waals surface area contributed by atoms with Crippen molar-refractivity contribution in [2.45, 2.75) is 12.3 Å². The molecule has 104 valence electrons. The summed E-state index contributed by atoms with van der Waals surface area (Å²) in [6.45, 7) is 0.962. The van der Waals surface area contributed by atoms with Crippen LogP contribution < -0.4 is 5.32 Å². The minimum atomic E-state index is 0.283. The fraction of sp³-hybridized carbons (Fsp3) is 0.176. The van der Waals surface area contributed by atoms with E-state index in [0.717, 1.165) is 24.5 Å². The van der Waals surface area contributed by atoms with Crippen molar-refractivity contribution in [3.05, 3.63) is 72.3 Å². The molecule has 4 heteroatoms. The lowest BCUT2D eigenvalue weighted by molar-refractivity contribution is 0.660. The van der Waals surface area contributed by atoms with Gasteiger partial charge in [0.05, 0.1) is 0 Å². The first-order chi connectivity index (χ1) is 10.4. The maximum Gasteiger partial charge on any atom is 0.145 e. The van der Waals surface area contributed by atoms with Crippen LogP contribution in [0, 0.1) is 0 Å². The summed E-state index contributed by atoms with van der Waals surface area (Å²) in [6.07, 6.45) is 2.83. The highest BCUT2D eigenvalue weighted by Crippen LogP contribution is 2.35. The minimum absolute atomic E-state index is 0.283. The molecule has 1 unspecified atom stereocenters. The van der Waals surface area contributed by atoms with Crippen LogP contribution >= 0.6 is 0 Å². The maximum atomic E-state index is 4.40. The van der Waals surface area contributed by atoms with Crippen LogP contribution in [0.25, 0.3) is 5.69 Å². The summed E-state index contributed by atoms with van der Waals surface area (Å²) in [7, 11) is 0. The molecule has 2 heterocycles. The number of anilines is 1. The van der Waals surface area contributed by atoms with E-state index in [1.165, 1.54) is 11.3 Å². The summed E-state index contributed by atoms with van der Waals surface area (Å²) in [5.41, 5.74) is 3.61. The Kier molecular flexibility index (Phi) is 2.92. The summed E-state index contributed by atoms with van der Waals surface area (Å²) in [4.78, 5) is 0. The molecule has 1 aliphatic heterocycles. The summed E-state index contributed by atoms with van der Waals surface area (Å²) in [5, 5.41) is 12.0. The van der Waals surface area contributed by atoms with Crippen LogP contribution in [0.4, 0.5) is 5.69 Å². The van der Waals surface area contributed by atoms with Crippen molar-refractivity contribution in [1.82, 2.24) is 14.8 Å². The molecule has 0 spiro atoms. The zero-order valence-corrected chi connectivity index (χ0v) is 11.6. The Hall–Kier alpha value is -2.62. The normalized spacial score (nSPS) is 17.0. The van der Waals surface area contributed by atoms with Gasteiger partial charge in [0, 0.05) is 23.8 Å². The highest BCUT2D eigenvalue weighted by Gasteiger charge is 2.25. The molecule has 0 aliphatic carbocycles. The molecule has 21 heavy (non-hydrogen) atoms. The molecular formula is C17H16N4. The average Bonchev–Trinajstić information content (AvgIpc) is 3.04. The Morgan fingerprint density at radius 1 is 1.00 bits per heavy atom. The van der Waals surface area contributed by atoms with Gasteiger partial charge in [-0.25, -0.2) is 0 Å². The molecule has 1 N–H and O–H groups in total. The topological polar surface area (TPSA) is 42.7 Å². The number of rotatable bonds is 2. The SMILES string of the molecule is c1ccc(-n2cnnc2C2CCNc3ccccc32)cc1. The molecule has 4 nitrogen and oxygen atoms in total. The van der Waals surface area contributed by atoms with Crippen LogP contribution in [0.3, 0.4) is 0 Å². The zero-order chi connectivity index (χ0) is 14.1. The summed E-state index contributed by atoms with van der Waals surface area (Å²) in [6, 6.07) is 18.7. The molecule has 0 bridgehead atoms. The van der Waals surface area contributed by atoms with Crippen molar-refractivity contribution < 1.29 is 0 Å². The van der Waals surface area contributed by atoms with Gasteiger partial charge in [0.2, 0.25) is 0 Å². The molecule has 2 aromatic carbocycles. The van der Waals surface area contributed by atoms with Crippen LogP contribution in [0.1, 0.15) is 23.7 Å². The number of nitrogens with zero attached hydrogens (tertiary/aromatic N) is 3. The molecule has 1 aromatic heterocycles. The molecule has 0 fully saturated rings. The standard InChI is InChI=1S/C17H16N4/c1-2-6-13(7-3-1)21-12-19-20-17(21)15-10-11-18-16-9-5-4-8-14(15)16/h1-9,12,15,18H,10-11H2. The van der Waals surface area contributed by atoms with E-state index in [1.807, 2.05) is 18.2 Å². The lowest BCUT2D eigenvalue weighted by Crippen LogP contribution is -2.20. The van der Waals surface area contributed by atoms with E-state index < -0.39 is 0 Å². The van der Waals surface area contributed by atoms with E-state index in [4.69, 9.17) is 0 Å². The fourth-order valence-electron chi connectivity index (χ4n) is 3.01. The molecule has 0 radical (unpaired) electrons. The highest BCUT2D eigenvalue weighted by atomic mass is 15.3. The van der Waals surface area contributed by atoms with Gasteiger partial charge >= 0.3 is 0 Å². The lowest BCUT2D eigenvalue weighted by atomic mass is 9.90. The minimum Gasteiger partial charge on any atom is -0.385 e. The van der Waals surface area contributed by atoms with Crippen molar-refractivity contribution in [1.29, 1.82) is 0 Å². The molecule has 3 aromatic rings. The van der Waals surface area contributed by atoms with Crippen molar-refractivity contribution in [2.24, 2.45) is 0 Å². The number of hydrogen-bond acceptors (Lipinski definition) is 3. The molecule has 0 amide bonds. The Labute approximate surface area is 123 Å². The van der Waals surface area contributed by atoms with Crippen LogP contribution in [0.15, 0.2) is 60.9 Å². The van der Waals surface area contributed by atoms with Gasteiger partial charge in [0.25, 0.3) is 0 Å². The Morgan fingerprint density at radius 3 is 2.71 bits per heavy atom. The molecule has 4 rings (SSSR count). The van der Waals surface area contributed by atoms with Crippen molar-refractivity contribution in [3.8, 4) is 5.69 Å². The number of hydrogen-bond donors (Lipinski definition) is 1. The van der Waals surface area contributed by atoms with Crippen molar-refractivity contribution in [2.75, 3.05) is 11.9 Å². The smallest absolute Gasteiger partial charge is 0.145 e. The monoisotopic (exact) mass is 276 g/mol. The van der Waals surface area contributed by atoms with Gasteiger partial charge in [-0.05, 0) is 30.2 Å². The number of benzene rings is 2. The second-order valence-electron chi connectivity index (χ2n) is 5.25. The highest BCUT2D eigenvalue weighted by molar-refractivity contribution is 5.56. The average molecular weight is 276 g/mol. The van der Waals surface area contributed by atoms with Crippen molar-refractivity contribution in [3.63, 3.8) is 0 Å². The Balaban J connectivity index is 1.81. The quantitative estimate of drug-likeness (QED) is 0.781. The van der Waals surface area contributed by atoms with Gasteiger partial charge in [-0.1, -0.05) is 36.4 Å². The van der Waals surface area contributed by atoms with Crippen LogP contribution in [0.5, 0.6) is 0 Å². The van der Waals surface area contributed by atoms with E-state index in [0.29, 0.717) is 0 Å². The molecule has 1 atom stereocenters. The first-order valence-electron chi connectivity index (χ1n) is 7.21. The van der Waals surface area contributed by atoms with Gasteiger partial charge < -0.3 is 5.32 Å². The van der Waals surface area contributed by atoms with Gasteiger partial charge in [-0.2, -0.15) is 0 Å².